The van der Waals surface area contributed by atoms with E-state index in [9.17, 15) is 165 Å². The van der Waals surface area contributed by atoms with Gasteiger partial charge in [0.05, 0.1) is 46.0 Å². The highest BCUT2D eigenvalue weighted by Gasteiger charge is 2.58. The third kappa shape index (κ3) is 28.0. The van der Waals surface area contributed by atoms with Crippen LogP contribution in [-0.2, 0) is 138 Å². The van der Waals surface area contributed by atoms with Crippen molar-refractivity contribution >= 4 is 87.4 Å². The van der Waals surface area contributed by atoms with Crippen molar-refractivity contribution < 1.29 is 237 Å². The van der Waals surface area contributed by atoms with Gasteiger partial charge in [-0.25, -0.2) is 70.4 Å². The molecule has 1 aromatic carbocycles. The third-order valence-corrected chi connectivity index (χ3v) is 32.5. The first-order valence-electron chi connectivity index (χ1n) is 38.9. The van der Waals surface area contributed by atoms with Crippen molar-refractivity contribution in [2.75, 3.05) is 45.4 Å². The van der Waals surface area contributed by atoms with E-state index >= 15 is 0 Å². The number of imidazole rings is 1. The molecule has 7 fully saturated rings. The Balaban J connectivity index is 0.000000187. The standard InChI is InChI=1S/C26H31N4O20P3.C21H28N6O13P2.C14H24N2O22P4/c31-16-6-8-29(25(35)27-16)23-20(34)19(33)14(45-23)11-43-51(37,38)49-53(41,42)50-52(39,40)44-12-15-21-22(24(46-15)30-9-7-17(32)28-26(30)36)48-18(47-21)10-13-4-2-1-3-5-13;1-10-3-2-4-26(5-10)20-16(30)14(28)11(38-20)6-36-41(32,33)40-42(34,35)37-7-12-15(29)17(31)21(39-12)27-9-25-13-18(22)23-8-24-19(13)27;17-7-1-2-16(14(23)15-7)12-10(20)8(18)5(34-12)3-32-39(24,25)36-41(28,29)38-42(30,31)37-40(26,27)33-4-6-9(19)11(21)13(22)35-6/h1-9,14-15,18-24,33-34H,10-12H2,(H,37,38)(H,39,40)(H,41,42)(H,27,31,35)(H,28,32,36);2-5,8-9,11-12,14-17,20-21,28-31H,6-7H2,1H3,(H3-,22,23,24,32,33,34,35);1-2,5-6,8-13,18-22H,3-4H2,(H,24,25)(H,26,27)(H,28,29)(H,30,31)(H,15,17,23)/p+1/t14?,15-,18?,19-,20-,21-,22-,23-,24-;11-,12?,14-,15-,16-,17-,20-,21-;5?,6-,8-,9-,10-,11-,12-,13?/m111/s1/i;31T;. The summed E-state index contributed by atoms with van der Waals surface area (Å²) in [6, 6.07) is 15.3. The van der Waals surface area contributed by atoms with Crippen molar-refractivity contribution in [1.29, 1.82) is 1.43 Å². The number of phosphoric acid groups is 9. The Labute approximate surface area is 761 Å². The number of fused-ring (bicyclic) bond motifs is 2. The smallest absolute Gasteiger partial charge is 0.387 e. The summed E-state index contributed by atoms with van der Waals surface area (Å²) < 4.78 is 218. The average molecular weight is 2150 g/mol. The van der Waals surface area contributed by atoms with Gasteiger partial charge < -0.3 is 144 Å². The molecular formula is C61H84N12O55P9+. The molecule has 7 saturated heterocycles. The fourth-order valence-electron chi connectivity index (χ4n) is 13.6. The molecule has 6 aromatic heterocycles. The Morgan fingerprint density at radius 3 is 1.18 bits per heavy atom. The molecule has 0 radical (unpaired) electrons. The molecule has 34 atom stereocenters. The topological polar surface area (TPSA) is 981 Å². The zero-order chi connectivity index (χ0) is 101. The summed E-state index contributed by atoms with van der Waals surface area (Å²) in [6.07, 6.45) is -28.8. The van der Waals surface area contributed by atoms with Crippen LogP contribution < -0.4 is 44.0 Å². The number of aryl methyl sites for hydroxylation is 1. The number of aliphatic hydroxyl groups is 11. The van der Waals surface area contributed by atoms with Gasteiger partial charge >= 0.3 is 87.5 Å². The highest BCUT2D eigenvalue weighted by atomic mass is 31.3. The minimum atomic E-state index is -6.17. The first-order valence-corrected chi connectivity index (χ1v) is 51.9. The summed E-state index contributed by atoms with van der Waals surface area (Å²) in [7, 11) is -51.7. The first-order chi connectivity index (χ1) is 64.3. The van der Waals surface area contributed by atoms with E-state index in [4.69, 9.17) is 53.9 Å². The number of pyridine rings is 1. The first kappa shape index (κ1) is 108. The number of nitrogens with zero attached hydrogens (tertiary/aromatic N) is 8. The summed E-state index contributed by atoms with van der Waals surface area (Å²) in [6.45, 7) is -4.21. The number of anilines is 1. The third-order valence-electron chi connectivity index (χ3n) is 19.8. The molecule has 76 heteroatoms. The Morgan fingerprint density at radius 2 is 0.766 bits per heavy atom. The monoisotopic (exact) mass is 2150 g/mol. The highest BCUT2D eigenvalue weighted by molar-refractivity contribution is 7.70. The van der Waals surface area contributed by atoms with Crippen LogP contribution in [0, 0.1) is 6.92 Å². The van der Waals surface area contributed by atoms with E-state index in [-0.39, 0.29) is 23.4 Å². The van der Waals surface area contributed by atoms with Crippen molar-refractivity contribution in [2.24, 2.45) is 0 Å². The van der Waals surface area contributed by atoms with Crippen molar-refractivity contribution in [2.45, 2.75) is 167 Å². The minimum Gasteiger partial charge on any atom is -0.387 e. The summed E-state index contributed by atoms with van der Waals surface area (Å²) in [4.78, 5) is 177. The lowest BCUT2D eigenvalue weighted by Crippen LogP contribution is -2.45. The molecule has 67 nitrogen and oxygen atoms in total. The number of hydrogen-bond donors (Lipinski definition) is 24. The van der Waals surface area contributed by atoms with Gasteiger partial charge in [-0.05, 0) is 18.6 Å². The second kappa shape index (κ2) is 43.8. The summed E-state index contributed by atoms with van der Waals surface area (Å²) in [5.41, 5.74) is 2.59. The summed E-state index contributed by atoms with van der Waals surface area (Å²) in [5.74, 6) is 0.0645. The molecule has 14 unspecified atom stereocenters. The maximum atomic E-state index is 12.7. The quantitative estimate of drug-likeness (QED) is 0.0126. The summed E-state index contributed by atoms with van der Waals surface area (Å²) in [5, 5.41) is 105. The van der Waals surface area contributed by atoms with Crippen LogP contribution in [0.1, 0.15) is 42.3 Å². The number of ether oxygens (including phenoxy) is 8. The second-order valence-corrected chi connectivity index (χ2v) is 43.4. The van der Waals surface area contributed by atoms with Crippen LogP contribution >= 0.6 is 70.4 Å². The molecule has 13 heterocycles. The van der Waals surface area contributed by atoms with E-state index in [0.29, 0.717) is 9.13 Å². The molecule has 762 valence electrons. The normalized spacial score (nSPS) is 33.3. The lowest BCUT2D eigenvalue weighted by molar-refractivity contribution is -0.766. The fourth-order valence-corrected chi connectivity index (χ4v) is 24.2. The zero-order valence-corrected chi connectivity index (χ0v) is 76.6. The van der Waals surface area contributed by atoms with Gasteiger partial charge in [-0.2, -0.15) is 30.4 Å². The fraction of sp³-hybridized carbons (Fsp3) is 0.541. The molecule has 7 aliphatic rings. The number of nitrogens with one attached hydrogen (secondary N) is 3. The van der Waals surface area contributed by atoms with E-state index in [1.807, 2.05) is 9.97 Å². The molecule has 0 aliphatic carbocycles. The number of aromatic amines is 3. The zero-order valence-electron chi connectivity index (χ0n) is 69.6. The highest BCUT2D eigenvalue weighted by Crippen LogP contribution is 2.72. The number of nitrogens with two attached hydrogens (primary N) is 1. The molecule has 7 aromatic rings. The van der Waals surface area contributed by atoms with E-state index in [0.717, 1.165) is 58.8 Å². The van der Waals surface area contributed by atoms with Gasteiger partial charge in [0, 0.05) is 54.8 Å². The number of benzene rings is 1. The van der Waals surface area contributed by atoms with Gasteiger partial charge in [-0.1, -0.05) is 30.3 Å². The molecule has 0 amide bonds. The molecular weight excluding hydrogens is 2060 g/mol. The number of H-pyrrole nitrogens is 3. The van der Waals surface area contributed by atoms with Gasteiger partial charge in [0.2, 0.25) is 1.43 Å². The SMILES string of the molecule is O=c1ccn([C@@H]2OC(COP(=O)(O)OP(=O)(O)OP(=O)(O)OC[C@H]3O[C@@H](n4ccc(=O)[nH]c4=O)[C@@H]4OC(Cc5ccccc5)O[C@@H]43)[C@@H](O)[C@H]2O)c(=O)[nH]1.O=c1ccn([C@@H]2OC(COP(=O)(O)OP(=O)(O)OP(=O)(O)OP(=O)(O)OC[C@H]3OC(O)[C@H](O)[C@@H]3O)[C@@H](O)[C@H]2O)c(=O)[nH]1.[3H]O[C@@H]1[C@H](O)C(COP(=O)(O)OP(=O)(O)OC[C@H]2O[C@@H]([n+]3cccc(C)c3)[C@H](O)[C@@H]2O)O[C@H]1n1cnc2c(N)ncnc21. The maximum absolute atomic E-state index is 12.7. The molecule has 25 N–H and O–H groups in total. The number of hydrogen-bond acceptors (Lipinski definition) is 50. The molecule has 0 bridgehead atoms. The van der Waals surface area contributed by atoms with E-state index in [2.05, 4.69) is 69.2 Å². The van der Waals surface area contributed by atoms with Crippen molar-refractivity contribution in [3.8, 4) is 0 Å². The Kier molecular flexibility index (Phi) is 34.4. The lowest BCUT2D eigenvalue weighted by atomic mass is 10.1. The van der Waals surface area contributed by atoms with Crippen molar-refractivity contribution in [1.82, 2.24) is 48.2 Å². The van der Waals surface area contributed by atoms with Gasteiger partial charge in [-0.15, -0.1) is 0 Å². The Hall–Kier alpha value is -6.77. The average Bonchev–Trinajstić information content (AvgIpc) is 1.61. The van der Waals surface area contributed by atoms with Gasteiger partial charge in [0.1, 0.15) is 116 Å². The van der Waals surface area contributed by atoms with Crippen LogP contribution in [0.15, 0.2) is 133 Å². The molecule has 137 heavy (non-hydrogen) atoms. The Bertz CT molecular complexity index is 6330. The maximum Gasteiger partial charge on any atom is 0.490 e. The van der Waals surface area contributed by atoms with Crippen LogP contribution in [0.4, 0.5) is 5.82 Å². The Morgan fingerprint density at radius 1 is 0.401 bits per heavy atom. The van der Waals surface area contributed by atoms with Crippen LogP contribution in [-0.4, -0.2) is 312 Å². The molecule has 7 aliphatic heterocycles. The van der Waals surface area contributed by atoms with Crippen molar-refractivity contribution in [3.63, 3.8) is 0 Å². The van der Waals surface area contributed by atoms with E-state index in [1.54, 1.807) is 61.8 Å². The number of phosphoric ester groups is 6. The number of rotatable bonds is 38. The van der Waals surface area contributed by atoms with Crippen LogP contribution in [0.2, 0.25) is 0 Å². The van der Waals surface area contributed by atoms with Crippen LogP contribution in [0.5, 0.6) is 0 Å². The molecule has 0 saturated carbocycles. The largest absolute Gasteiger partial charge is 0.490 e. The van der Waals surface area contributed by atoms with Gasteiger partial charge in [0.15, 0.2) is 67.5 Å². The van der Waals surface area contributed by atoms with E-state index in [1.165, 1.54) is 15.5 Å². The van der Waals surface area contributed by atoms with E-state index < -0.39 is 297 Å². The van der Waals surface area contributed by atoms with Crippen molar-refractivity contribution in [3.05, 3.63) is 178 Å². The predicted molar refractivity (Wildman–Crippen MR) is 430 cm³/mol. The number of nitrogen functional groups attached to an aromatic ring is 1. The van der Waals surface area contributed by atoms with Gasteiger partial charge in [-0.3, -0.25) is 74.7 Å². The molecule has 0 spiro atoms. The molecule has 14 rings (SSSR count). The summed E-state index contributed by atoms with van der Waals surface area (Å²) >= 11 is 0. The van der Waals surface area contributed by atoms with Gasteiger partial charge in [0.25, 0.3) is 22.9 Å². The minimum absolute atomic E-state index is 0.0645. The van der Waals surface area contributed by atoms with Crippen LogP contribution in [0.25, 0.3) is 11.2 Å². The predicted octanol–water partition coefficient (Wildman–Crippen LogP) is -7.40. The number of aromatic nitrogens is 11. The second-order valence-electron chi connectivity index (χ2n) is 29.5. The lowest BCUT2D eigenvalue weighted by Gasteiger charge is -2.22. The van der Waals surface area contributed by atoms with Crippen LogP contribution in [0.3, 0.4) is 0 Å². The number of aliphatic hydroxyl groups excluding tert-OH is 11.